The van der Waals surface area contributed by atoms with Crippen LogP contribution in [-0.2, 0) is 16.8 Å². The van der Waals surface area contributed by atoms with Gasteiger partial charge in [0, 0.05) is 11.6 Å². The Hall–Kier alpha value is -0.340. The molecule has 76 valence electrons. The molecule has 0 unspecified atom stereocenters. The van der Waals surface area contributed by atoms with E-state index in [1.807, 2.05) is 0 Å². The van der Waals surface area contributed by atoms with E-state index >= 15 is 0 Å². The van der Waals surface area contributed by atoms with Crippen LogP contribution in [0.4, 0.5) is 0 Å². The number of halogens is 1. The summed E-state index contributed by atoms with van der Waals surface area (Å²) in [6, 6.07) is 6.62. The number of hydrogen-bond acceptors (Lipinski definition) is 1. The molecule has 1 aliphatic rings. The van der Waals surface area contributed by atoms with Crippen molar-refractivity contribution in [2.75, 3.05) is 7.11 Å². The van der Waals surface area contributed by atoms with E-state index in [-0.39, 0.29) is 0 Å². The van der Waals surface area contributed by atoms with Crippen LogP contribution in [0.15, 0.2) is 22.7 Å². The second kappa shape index (κ2) is 3.67. The molecular formula is C12H15BrO. The number of ether oxygens (including phenoxy) is 1. The van der Waals surface area contributed by atoms with Gasteiger partial charge in [-0.1, -0.05) is 35.0 Å². The Morgan fingerprint density at radius 3 is 2.71 bits per heavy atom. The fraction of sp³-hybridized carbons (Fsp3) is 0.500. The maximum absolute atomic E-state index is 5.17. The van der Waals surface area contributed by atoms with Crippen molar-refractivity contribution in [2.45, 2.75) is 31.8 Å². The Kier molecular flexibility index (Phi) is 2.67. The summed E-state index contributed by atoms with van der Waals surface area (Å²) in [5, 5.41) is 0. The minimum absolute atomic E-state index is 0.448. The summed E-state index contributed by atoms with van der Waals surface area (Å²) in [6.45, 7) is 3.01. The predicted octanol–water partition coefficient (Wildman–Crippen LogP) is 3.65. The molecule has 1 aromatic carbocycles. The van der Waals surface area contributed by atoms with Crippen molar-refractivity contribution in [3.05, 3.63) is 33.8 Å². The number of rotatable bonds is 3. The predicted molar refractivity (Wildman–Crippen MR) is 61.4 cm³/mol. The van der Waals surface area contributed by atoms with Crippen LogP contribution in [0, 0.1) is 0 Å². The molecule has 1 aliphatic carbocycles. The minimum Gasteiger partial charge on any atom is -0.380 e. The highest BCUT2D eigenvalue weighted by Gasteiger charge is 2.39. The molecule has 0 bridgehead atoms. The van der Waals surface area contributed by atoms with Gasteiger partial charge in [-0.05, 0) is 35.4 Å². The largest absolute Gasteiger partial charge is 0.380 e. The lowest BCUT2D eigenvalue weighted by molar-refractivity contribution is 0.184. The maximum atomic E-state index is 5.17. The first-order chi connectivity index (χ1) is 6.65. The maximum Gasteiger partial charge on any atom is 0.0724 e. The molecule has 1 saturated carbocycles. The highest BCUT2D eigenvalue weighted by molar-refractivity contribution is 9.10. The minimum atomic E-state index is 0.448. The molecule has 0 N–H and O–H groups in total. The smallest absolute Gasteiger partial charge is 0.0724 e. The van der Waals surface area contributed by atoms with Gasteiger partial charge in [0.2, 0.25) is 0 Å². The molecule has 0 atom stereocenters. The van der Waals surface area contributed by atoms with Crippen LogP contribution in [0.25, 0.3) is 0 Å². The van der Waals surface area contributed by atoms with Crippen molar-refractivity contribution in [3.63, 3.8) is 0 Å². The van der Waals surface area contributed by atoms with Crippen molar-refractivity contribution < 1.29 is 4.74 Å². The molecule has 0 spiro atoms. The number of methoxy groups -OCH3 is 1. The van der Waals surface area contributed by atoms with Crippen molar-refractivity contribution in [2.24, 2.45) is 0 Å². The van der Waals surface area contributed by atoms with Crippen LogP contribution in [0.2, 0.25) is 0 Å². The highest BCUT2D eigenvalue weighted by atomic mass is 79.9. The van der Waals surface area contributed by atoms with Crippen molar-refractivity contribution in [3.8, 4) is 0 Å². The lowest BCUT2D eigenvalue weighted by atomic mass is 9.97. The fourth-order valence-electron chi connectivity index (χ4n) is 1.69. The normalized spacial score (nSPS) is 18.2. The second-order valence-corrected chi connectivity index (χ2v) is 5.15. The highest BCUT2D eigenvalue weighted by Crippen LogP contribution is 2.48. The molecule has 0 aromatic heterocycles. The van der Waals surface area contributed by atoms with Gasteiger partial charge in [0.05, 0.1) is 6.61 Å². The van der Waals surface area contributed by atoms with Gasteiger partial charge in [0.25, 0.3) is 0 Å². The lowest BCUT2D eigenvalue weighted by Crippen LogP contribution is -2.01. The van der Waals surface area contributed by atoms with E-state index in [0.717, 1.165) is 4.47 Å². The Balaban J connectivity index is 2.31. The van der Waals surface area contributed by atoms with Gasteiger partial charge in [-0.15, -0.1) is 0 Å². The van der Waals surface area contributed by atoms with Gasteiger partial charge in [0.1, 0.15) is 0 Å². The van der Waals surface area contributed by atoms with E-state index in [0.29, 0.717) is 12.0 Å². The summed E-state index contributed by atoms with van der Waals surface area (Å²) >= 11 is 3.54. The average molecular weight is 255 g/mol. The Morgan fingerprint density at radius 1 is 1.43 bits per heavy atom. The van der Waals surface area contributed by atoms with E-state index in [9.17, 15) is 0 Å². The van der Waals surface area contributed by atoms with Crippen molar-refractivity contribution in [1.82, 2.24) is 0 Å². The van der Waals surface area contributed by atoms with Gasteiger partial charge in [-0.2, -0.15) is 0 Å². The second-order valence-electron chi connectivity index (χ2n) is 4.30. The van der Waals surface area contributed by atoms with E-state index in [1.165, 1.54) is 24.0 Å². The standard InChI is InChI=1S/C12H15BrO/c1-12(5-6-12)10-3-4-11(13)9(7-10)8-14-2/h3-4,7H,5-6,8H2,1-2H3. The Labute approximate surface area is 93.6 Å². The molecule has 14 heavy (non-hydrogen) atoms. The van der Waals surface area contributed by atoms with Gasteiger partial charge in [0.15, 0.2) is 0 Å². The quantitative estimate of drug-likeness (QED) is 0.801. The van der Waals surface area contributed by atoms with Crippen LogP contribution < -0.4 is 0 Å². The number of benzene rings is 1. The fourth-order valence-corrected chi connectivity index (χ4v) is 2.05. The van der Waals surface area contributed by atoms with E-state index in [4.69, 9.17) is 4.74 Å². The summed E-state index contributed by atoms with van der Waals surface area (Å²) in [5.41, 5.74) is 3.15. The molecule has 0 aliphatic heterocycles. The number of hydrogen-bond donors (Lipinski definition) is 0. The molecule has 0 heterocycles. The van der Waals surface area contributed by atoms with Gasteiger partial charge in [-0.25, -0.2) is 0 Å². The SMILES string of the molecule is COCc1cc(C2(C)CC2)ccc1Br. The third-order valence-corrected chi connectivity index (χ3v) is 3.82. The molecule has 2 rings (SSSR count). The third-order valence-electron chi connectivity index (χ3n) is 3.04. The summed E-state index contributed by atoms with van der Waals surface area (Å²) in [4.78, 5) is 0. The Bertz CT molecular complexity index is 342. The summed E-state index contributed by atoms with van der Waals surface area (Å²) in [5.74, 6) is 0. The van der Waals surface area contributed by atoms with Gasteiger partial charge < -0.3 is 4.74 Å². The van der Waals surface area contributed by atoms with Crippen LogP contribution >= 0.6 is 15.9 Å². The molecule has 1 fully saturated rings. The molecule has 1 aromatic rings. The van der Waals surface area contributed by atoms with E-state index < -0.39 is 0 Å². The monoisotopic (exact) mass is 254 g/mol. The molecule has 1 nitrogen and oxygen atoms in total. The van der Waals surface area contributed by atoms with Crippen molar-refractivity contribution >= 4 is 15.9 Å². The zero-order valence-corrected chi connectivity index (χ0v) is 10.2. The third kappa shape index (κ3) is 1.86. The molecule has 0 radical (unpaired) electrons. The van der Waals surface area contributed by atoms with Crippen LogP contribution in [0.1, 0.15) is 30.9 Å². The summed E-state index contributed by atoms with van der Waals surface area (Å²) < 4.78 is 6.31. The first-order valence-corrected chi connectivity index (χ1v) is 5.73. The Morgan fingerprint density at radius 2 is 2.14 bits per heavy atom. The van der Waals surface area contributed by atoms with Gasteiger partial charge >= 0.3 is 0 Å². The van der Waals surface area contributed by atoms with Crippen LogP contribution in [0.5, 0.6) is 0 Å². The first-order valence-electron chi connectivity index (χ1n) is 4.93. The zero-order valence-electron chi connectivity index (χ0n) is 8.64. The zero-order chi connectivity index (χ0) is 10.2. The molecule has 0 amide bonds. The van der Waals surface area contributed by atoms with Crippen LogP contribution in [-0.4, -0.2) is 7.11 Å². The van der Waals surface area contributed by atoms with Crippen molar-refractivity contribution in [1.29, 1.82) is 0 Å². The van der Waals surface area contributed by atoms with Crippen LogP contribution in [0.3, 0.4) is 0 Å². The van der Waals surface area contributed by atoms with Gasteiger partial charge in [-0.3, -0.25) is 0 Å². The summed E-state index contributed by atoms with van der Waals surface area (Å²) in [7, 11) is 1.73. The topological polar surface area (TPSA) is 9.23 Å². The molecule has 2 heteroatoms. The lowest BCUT2D eigenvalue weighted by Gasteiger charge is -2.11. The van der Waals surface area contributed by atoms with E-state index in [1.54, 1.807) is 7.11 Å². The summed E-state index contributed by atoms with van der Waals surface area (Å²) in [6.07, 6.45) is 2.64. The first kappa shape index (κ1) is 10.2. The molecule has 0 saturated heterocycles. The average Bonchev–Trinajstić information content (AvgIpc) is 2.89. The van der Waals surface area contributed by atoms with E-state index in [2.05, 4.69) is 41.1 Å². The molecular weight excluding hydrogens is 240 g/mol.